The second kappa shape index (κ2) is 5.08. The number of carbonyl (C=O) groups excluding carboxylic acids is 1. The van der Waals surface area contributed by atoms with Crippen molar-refractivity contribution in [3.8, 4) is 0 Å². The van der Waals surface area contributed by atoms with Crippen LogP contribution in [0.1, 0.15) is 23.2 Å². The Hall–Kier alpha value is -1.39. The fourth-order valence-corrected chi connectivity index (χ4v) is 2.68. The molecule has 2 bridgehead atoms. The molecule has 18 heavy (non-hydrogen) atoms. The quantitative estimate of drug-likeness (QED) is 0.853. The minimum Gasteiger partial charge on any atom is -0.373 e. The van der Waals surface area contributed by atoms with Crippen LogP contribution < -0.4 is 5.32 Å². The molecular weight excluding hydrogens is 228 g/mol. The van der Waals surface area contributed by atoms with Crippen LogP contribution in [0.2, 0.25) is 0 Å². The molecule has 2 fully saturated rings. The van der Waals surface area contributed by atoms with Gasteiger partial charge in [-0.25, -0.2) is 0 Å². The maximum Gasteiger partial charge on any atom is 0.252 e. The van der Waals surface area contributed by atoms with E-state index in [1.54, 1.807) is 0 Å². The summed E-state index contributed by atoms with van der Waals surface area (Å²) in [5.74, 6) is -0.0202. The van der Waals surface area contributed by atoms with Crippen molar-refractivity contribution in [2.24, 2.45) is 0 Å². The zero-order valence-corrected chi connectivity index (χ0v) is 10.3. The number of nitrogens with one attached hydrogen (secondary N) is 1. The third kappa shape index (κ3) is 2.40. The second-order valence-electron chi connectivity index (χ2n) is 4.95. The summed E-state index contributed by atoms with van der Waals surface area (Å²) in [6.07, 6.45) is 2.69. The lowest BCUT2D eigenvalue weighted by Gasteiger charge is -2.43. The van der Waals surface area contributed by atoms with Crippen molar-refractivity contribution < 1.29 is 9.53 Å². The van der Waals surface area contributed by atoms with E-state index in [4.69, 9.17) is 4.74 Å². The molecule has 1 amide bonds. The molecule has 3 unspecified atom stereocenters. The summed E-state index contributed by atoms with van der Waals surface area (Å²) in [5, 5.41) is 3.05. The molecule has 2 saturated heterocycles. The molecule has 0 spiro atoms. The number of rotatable bonds is 2. The number of carbonyl (C=O) groups is 1. The summed E-state index contributed by atoms with van der Waals surface area (Å²) >= 11 is 0. The molecule has 2 heterocycles. The molecule has 1 aromatic carbocycles. The third-order valence-corrected chi connectivity index (χ3v) is 3.67. The van der Waals surface area contributed by atoms with E-state index in [0.717, 1.165) is 25.9 Å². The van der Waals surface area contributed by atoms with Gasteiger partial charge in [0.15, 0.2) is 0 Å². The monoisotopic (exact) mass is 246 g/mol. The van der Waals surface area contributed by atoms with Crippen LogP contribution in [0.5, 0.6) is 0 Å². The van der Waals surface area contributed by atoms with Gasteiger partial charge in [-0.05, 0) is 25.0 Å². The second-order valence-corrected chi connectivity index (χ2v) is 4.95. The van der Waals surface area contributed by atoms with E-state index in [1.165, 1.54) is 0 Å². The molecule has 4 heteroatoms. The Bertz CT molecular complexity index is 421. The third-order valence-electron chi connectivity index (χ3n) is 3.67. The van der Waals surface area contributed by atoms with Gasteiger partial charge in [0.1, 0.15) is 6.17 Å². The number of ether oxygens (including phenoxy) is 1. The van der Waals surface area contributed by atoms with Gasteiger partial charge in [-0.1, -0.05) is 18.2 Å². The number of hydrogen-bond donors (Lipinski definition) is 1. The van der Waals surface area contributed by atoms with Crippen LogP contribution in [-0.2, 0) is 4.74 Å². The first kappa shape index (κ1) is 11.7. The number of piperidine rings is 1. The minimum absolute atomic E-state index is 0.0202. The Labute approximate surface area is 107 Å². The van der Waals surface area contributed by atoms with Crippen molar-refractivity contribution in [3.63, 3.8) is 0 Å². The number of morpholine rings is 1. The van der Waals surface area contributed by atoms with Gasteiger partial charge in [0.2, 0.25) is 0 Å². The fourth-order valence-electron chi connectivity index (χ4n) is 2.68. The first-order chi connectivity index (χ1) is 8.83. The van der Waals surface area contributed by atoms with Crippen molar-refractivity contribution in [1.29, 1.82) is 0 Å². The van der Waals surface area contributed by atoms with Gasteiger partial charge in [0.05, 0.1) is 12.7 Å². The van der Waals surface area contributed by atoms with Crippen molar-refractivity contribution >= 4 is 5.91 Å². The van der Waals surface area contributed by atoms with Gasteiger partial charge in [-0.15, -0.1) is 0 Å². The van der Waals surface area contributed by atoms with E-state index in [2.05, 4.69) is 10.2 Å². The first-order valence-electron chi connectivity index (χ1n) is 6.54. The van der Waals surface area contributed by atoms with E-state index >= 15 is 0 Å². The number of amides is 1. The largest absolute Gasteiger partial charge is 0.373 e. The van der Waals surface area contributed by atoms with E-state index in [9.17, 15) is 4.79 Å². The molecule has 96 valence electrons. The van der Waals surface area contributed by atoms with Crippen molar-refractivity contribution in [1.82, 2.24) is 10.2 Å². The number of benzene rings is 1. The Morgan fingerprint density at radius 3 is 3.00 bits per heavy atom. The number of nitrogens with zero attached hydrogens (tertiary/aromatic N) is 1. The zero-order chi connectivity index (χ0) is 12.4. The normalized spacial score (nSPS) is 30.8. The first-order valence-corrected chi connectivity index (χ1v) is 6.54. The van der Waals surface area contributed by atoms with E-state index in [-0.39, 0.29) is 12.1 Å². The van der Waals surface area contributed by atoms with E-state index in [0.29, 0.717) is 18.3 Å². The van der Waals surface area contributed by atoms with Crippen LogP contribution >= 0.6 is 0 Å². The highest BCUT2D eigenvalue weighted by molar-refractivity contribution is 5.94. The maximum absolute atomic E-state index is 12.1. The molecule has 0 radical (unpaired) electrons. The zero-order valence-electron chi connectivity index (χ0n) is 10.3. The molecule has 4 nitrogen and oxygen atoms in total. The van der Waals surface area contributed by atoms with Crippen LogP contribution in [0.4, 0.5) is 0 Å². The Balaban J connectivity index is 1.64. The Morgan fingerprint density at radius 1 is 1.33 bits per heavy atom. The van der Waals surface area contributed by atoms with Crippen molar-refractivity contribution in [2.45, 2.75) is 25.1 Å². The highest BCUT2D eigenvalue weighted by atomic mass is 16.5. The summed E-state index contributed by atoms with van der Waals surface area (Å²) in [6.45, 7) is 2.60. The molecule has 3 rings (SSSR count). The highest BCUT2D eigenvalue weighted by Crippen LogP contribution is 2.20. The SMILES string of the molecule is O=C(NC1COC2CCCN1C2)c1ccccc1. The standard InChI is InChI=1S/C14H18N2O2/c17-14(11-5-2-1-3-6-11)15-13-10-18-12-7-4-8-16(13)9-12/h1-3,5-6,12-13H,4,7-10H2,(H,15,17). The molecule has 0 saturated carbocycles. The molecule has 2 aliphatic rings. The average molecular weight is 246 g/mol. The summed E-state index contributed by atoms with van der Waals surface area (Å²) in [7, 11) is 0. The predicted molar refractivity (Wildman–Crippen MR) is 68.2 cm³/mol. The number of hydrogen-bond acceptors (Lipinski definition) is 3. The van der Waals surface area contributed by atoms with E-state index in [1.807, 2.05) is 30.3 Å². The number of fused-ring (bicyclic) bond motifs is 2. The highest BCUT2D eigenvalue weighted by Gasteiger charge is 2.32. The van der Waals surface area contributed by atoms with Crippen LogP contribution in [0.15, 0.2) is 30.3 Å². The average Bonchev–Trinajstić information content (AvgIpc) is 2.43. The van der Waals surface area contributed by atoms with Crippen LogP contribution in [-0.4, -0.2) is 42.8 Å². The van der Waals surface area contributed by atoms with Gasteiger partial charge < -0.3 is 10.1 Å². The van der Waals surface area contributed by atoms with Crippen LogP contribution in [0, 0.1) is 0 Å². The molecule has 0 aliphatic carbocycles. The van der Waals surface area contributed by atoms with Crippen molar-refractivity contribution in [2.75, 3.05) is 19.7 Å². The Morgan fingerprint density at radius 2 is 2.17 bits per heavy atom. The topological polar surface area (TPSA) is 41.6 Å². The molecule has 2 aliphatic heterocycles. The van der Waals surface area contributed by atoms with Gasteiger partial charge in [0.25, 0.3) is 5.91 Å². The summed E-state index contributed by atoms with van der Waals surface area (Å²) in [5.41, 5.74) is 0.705. The van der Waals surface area contributed by atoms with Crippen molar-refractivity contribution in [3.05, 3.63) is 35.9 Å². The molecule has 1 N–H and O–H groups in total. The lowest BCUT2D eigenvalue weighted by atomic mass is 10.1. The molecular formula is C14H18N2O2. The van der Waals surface area contributed by atoms with Crippen LogP contribution in [0.3, 0.4) is 0 Å². The summed E-state index contributed by atoms with van der Waals surface area (Å²) in [6, 6.07) is 9.33. The molecule has 1 aromatic rings. The summed E-state index contributed by atoms with van der Waals surface area (Å²) in [4.78, 5) is 14.4. The van der Waals surface area contributed by atoms with Crippen LogP contribution in [0.25, 0.3) is 0 Å². The lowest BCUT2D eigenvalue weighted by Crippen LogP contribution is -2.59. The van der Waals surface area contributed by atoms with Gasteiger partial charge in [0, 0.05) is 18.7 Å². The fraction of sp³-hybridized carbons (Fsp3) is 0.500. The predicted octanol–water partition coefficient (Wildman–Crippen LogP) is 1.24. The maximum atomic E-state index is 12.1. The minimum atomic E-state index is -0.0202. The Kier molecular flexibility index (Phi) is 3.30. The molecule has 3 atom stereocenters. The summed E-state index contributed by atoms with van der Waals surface area (Å²) < 4.78 is 5.74. The van der Waals surface area contributed by atoms with Gasteiger partial charge in [-0.3, -0.25) is 9.69 Å². The smallest absolute Gasteiger partial charge is 0.252 e. The van der Waals surface area contributed by atoms with Gasteiger partial charge >= 0.3 is 0 Å². The lowest BCUT2D eigenvalue weighted by molar-refractivity contribution is -0.0935. The van der Waals surface area contributed by atoms with Gasteiger partial charge in [-0.2, -0.15) is 0 Å². The molecule has 0 aromatic heterocycles. The van der Waals surface area contributed by atoms with E-state index < -0.39 is 0 Å².